The van der Waals surface area contributed by atoms with Crippen LogP contribution in [0.25, 0.3) is 39.0 Å². The maximum Gasteiger partial charge on any atom is 0.0746 e. The van der Waals surface area contributed by atoms with E-state index < -0.39 is 5.41 Å². The monoisotopic (exact) mass is 677 g/mol. The van der Waals surface area contributed by atoms with E-state index in [-0.39, 0.29) is 5.41 Å². The van der Waals surface area contributed by atoms with Crippen molar-refractivity contribution in [2.75, 3.05) is 4.90 Å². The van der Waals surface area contributed by atoms with Crippen molar-refractivity contribution in [1.82, 2.24) is 0 Å². The van der Waals surface area contributed by atoms with Crippen LogP contribution in [0.15, 0.2) is 182 Å². The summed E-state index contributed by atoms with van der Waals surface area (Å²) >= 11 is 0. The molecule has 1 nitrogen and oxygen atoms in total. The highest BCUT2D eigenvalue weighted by Gasteiger charge is 2.53. The van der Waals surface area contributed by atoms with Gasteiger partial charge in [0, 0.05) is 22.4 Å². The highest BCUT2D eigenvalue weighted by Crippen LogP contribution is 2.65. The largest absolute Gasteiger partial charge is 0.310 e. The zero-order chi connectivity index (χ0) is 35.3. The summed E-state index contributed by atoms with van der Waals surface area (Å²) in [5.74, 6) is 0. The molecule has 0 aromatic heterocycles. The van der Waals surface area contributed by atoms with Crippen molar-refractivity contribution in [1.29, 1.82) is 0 Å². The Hall–Kier alpha value is -6.18. The van der Waals surface area contributed by atoms with Crippen molar-refractivity contribution < 1.29 is 0 Å². The minimum Gasteiger partial charge on any atom is -0.310 e. The van der Waals surface area contributed by atoms with Gasteiger partial charge in [0.2, 0.25) is 0 Å². The first-order valence-corrected chi connectivity index (χ1v) is 19.0. The van der Waals surface area contributed by atoms with Crippen LogP contribution in [-0.2, 0) is 10.8 Å². The standard InChI is InChI=1S/C52H39N/c1-51(2)44-22-10-6-17-38(44)42-32-31-37(33-48(42)51)53(36-29-27-35(28-30-36)34-15-4-3-5-16-34)49-26-14-21-43-41-20-9-13-25-47(41)52(50(43)49)45-23-11-7-18-39(45)40-19-8-12-24-46(40)52/h3-9,11-21,23-33H,10,22H2,1-2H3. The van der Waals surface area contributed by atoms with Gasteiger partial charge in [-0.15, -0.1) is 0 Å². The summed E-state index contributed by atoms with van der Waals surface area (Å²) in [6.45, 7) is 4.85. The minimum absolute atomic E-state index is 0.0340. The maximum atomic E-state index is 2.55. The van der Waals surface area contributed by atoms with Crippen molar-refractivity contribution in [2.24, 2.45) is 0 Å². The zero-order valence-corrected chi connectivity index (χ0v) is 30.1. The summed E-state index contributed by atoms with van der Waals surface area (Å²) in [5, 5.41) is 0. The first-order chi connectivity index (χ1) is 26.1. The molecular formula is C52H39N. The molecule has 11 rings (SSSR count). The van der Waals surface area contributed by atoms with Gasteiger partial charge in [-0.25, -0.2) is 0 Å². The number of hydrogen-bond acceptors (Lipinski definition) is 1. The number of hydrogen-bond donors (Lipinski definition) is 0. The smallest absolute Gasteiger partial charge is 0.0746 e. The van der Waals surface area contributed by atoms with Crippen LogP contribution in [0.5, 0.6) is 0 Å². The number of benzene rings is 7. The van der Waals surface area contributed by atoms with Crippen LogP contribution >= 0.6 is 0 Å². The van der Waals surface area contributed by atoms with E-state index in [1.54, 1.807) is 5.57 Å². The zero-order valence-electron chi connectivity index (χ0n) is 30.1. The predicted molar refractivity (Wildman–Crippen MR) is 221 cm³/mol. The van der Waals surface area contributed by atoms with Gasteiger partial charge in [-0.05, 0) is 110 Å². The van der Waals surface area contributed by atoms with Gasteiger partial charge in [0.05, 0.1) is 11.1 Å². The molecule has 252 valence electrons. The molecule has 0 heterocycles. The van der Waals surface area contributed by atoms with Crippen LogP contribution in [0.3, 0.4) is 0 Å². The number of fused-ring (bicyclic) bond motifs is 12. The first kappa shape index (κ1) is 30.4. The summed E-state index contributed by atoms with van der Waals surface area (Å²) in [6, 6.07) is 61.5. The van der Waals surface area contributed by atoms with Crippen molar-refractivity contribution in [3.63, 3.8) is 0 Å². The van der Waals surface area contributed by atoms with Crippen LogP contribution < -0.4 is 4.90 Å². The normalized spacial score (nSPS) is 16.1. The van der Waals surface area contributed by atoms with Gasteiger partial charge in [0.25, 0.3) is 0 Å². The SMILES string of the molecule is CC1(C)C2=C(C=CCC2)c2ccc(N(c3ccc(-c4ccccc4)cc3)c3cccc4c3C3(c5ccccc5-c5ccccc53)c3ccccc3-4)cc21. The predicted octanol–water partition coefficient (Wildman–Crippen LogP) is 13.6. The molecule has 7 aromatic carbocycles. The highest BCUT2D eigenvalue weighted by molar-refractivity contribution is 6.00. The van der Waals surface area contributed by atoms with E-state index in [1.807, 2.05) is 0 Å². The van der Waals surface area contributed by atoms with E-state index in [0.29, 0.717) is 0 Å². The molecule has 0 saturated carbocycles. The number of rotatable bonds is 4. The van der Waals surface area contributed by atoms with E-state index in [9.17, 15) is 0 Å². The minimum atomic E-state index is -0.459. The van der Waals surface area contributed by atoms with Gasteiger partial charge in [0.1, 0.15) is 0 Å². The van der Waals surface area contributed by atoms with Gasteiger partial charge >= 0.3 is 0 Å². The number of anilines is 3. The van der Waals surface area contributed by atoms with Crippen LogP contribution in [0.1, 0.15) is 60.1 Å². The Morgan fingerprint density at radius 3 is 1.72 bits per heavy atom. The van der Waals surface area contributed by atoms with E-state index in [2.05, 4.69) is 195 Å². The molecule has 0 radical (unpaired) electrons. The summed E-state index contributed by atoms with van der Waals surface area (Å²) in [4.78, 5) is 2.55. The van der Waals surface area contributed by atoms with Crippen LogP contribution in [-0.4, -0.2) is 0 Å². The summed E-state index contributed by atoms with van der Waals surface area (Å²) < 4.78 is 0. The molecule has 0 saturated heterocycles. The van der Waals surface area contributed by atoms with Gasteiger partial charge < -0.3 is 4.90 Å². The summed E-state index contributed by atoms with van der Waals surface area (Å²) in [5.41, 5.74) is 22.0. The molecule has 53 heavy (non-hydrogen) atoms. The molecule has 0 amide bonds. The number of allylic oxidation sites excluding steroid dienone is 4. The molecule has 7 aromatic rings. The third-order valence-electron chi connectivity index (χ3n) is 12.6. The molecule has 0 bridgehead atoms. The Labute approximate surface area is 312 Å². The lowest BCUT2D eigenvalue weighted by Crippen LogP contribution is -2.28. The molecule has 0 unspecified atom stereocenters. The average molecular weight is 678 g/mol. The molecule has 1 spiro atoms. The summed E-state index contributed by atoms with van der Waals surface area (Å²) in [7, 11) is 0. The lowest BCUT2D eigenvalue weighted by Gasteiger charge is -2.36. The Morgan fingerprint density at radius 1 is 0.472 bits per heavy atom. The molecule has 0 N–H and O–H groups in total. The van der Waals surface area contributed by atoms with Crippen molar-refractivity contribution >= 4 is 22.6 Å². The molecule has 1 heteroatoms. The van der Waals surface area contributed by atoms with E-state index in [1.165, 1.54) is 83.7 Å². The Kier molecular flexibility index (Phi) is 6.41. The van der Waals surface area contributed by atoms with E-state index >= 15 is 0 Å². The Balaban J connectivity index is 1.20. The van der Waals surface area contributed by atoms with Gasteiger partial charge in [-0.1, -0.05) is 165 Å². The Bertz CT molecular complexity index is 2620. The fourth-order valence-electron chi connectivity index (χ4n) is 10.3. The second kappa shape index (κ2) is 11.2. The van der Waals surface area contributed by atoms with E-state index in [0.717, 1.165) is 18.5 Å². The second-order valence-corrected chi connectivity index (χ2v) is 15.5. The molecule has 4 aliphatic carbocycles. The molecular weight excluding hydrogens is 639 g/mol. The highest BCUT2D eigenvalue weighted by atomic mass is 15.1. The van der Waals surface area contributed by atoms with Gasteiger partial charge in [-0.2, -0.15) is 0 Å². The third kappa shape index (κ3) is 4.08. The molecule has 0 fully saturated rings. The topological polar surface area (TPSA) is 3.24 Å². The summed E-state index contributed by atoms with van der Waals surface area (Å²) in [6.07, 6.45) is 6.95. The first-order valence-electron chi connectivity index (χ1n) is 19.0. The van der Waals surface area contributed by atoms with Crippen molar-refractivity contribution in [2.45, 2.75) is 37.5 Å². The van der Waals surface area contributed by atoms with Crippen LogP contribution in [0.2, 0.25) is 0 Å². The lowest BCUT2D eigenvalue weighted by atomic mass is 9.70. The molecule has 0 aliphatic heterocycles. The quantitative estimate of drug-likeness (QED) is 0.179. The second-order valence-electron chi connectivity index (χ2n) is 15.5. The van der Waals surface area contributed by atoms with Gasteiger partial charge in [-0.3, -0.25) is 0 Å². The lowest BCUT2D eigenvalue weighted by molar-refractivity contribution is 0.607. The molecule has 0 atom stereocenters. The van der Waals surface area contributed by atoms with Crippen LogP contribution in [0.4, 0.5) is 17.1 Å². The molecule has 4 aliphatic rings. The maximum absolute atomic E-state index is 2.55. The van der Waals surface area contributed by atoms with E-state index in [4.69, 9.17) is 0 Å². The fourth-order valence-corrected chi connectivity index (χ4v) is 10.3. The fraction of sp³-hybridized carbons (Fsp3) is 0.115. The van der Waals surface area contributed by atoms with Gasteiger partial charge in [0.15, 0.2) is 0 Å². The van der Waals surface area contributed by atoms with Crippen molar-refractivity contribution in [3.05, 3.63) is 215 Å². The average Bonchev–Trinajstić information content (AvgIpc) is 3.78. The Morgan fingerprint density at radius 2 is 1.04 bits per heavy atom. The van der Waals surface area contributed by atoms with Crippen LogP contribution in [0, 0.1) is 0 Å². The van der Waals surface area contributed by atoms with Crippen molar-refractivity contribution in [3.8, 4) is 33.4 Å². The number of nitrogens with zero attached hydrogens (tertiary/aromatic N) is 1. The third-order valence-corrected chi connectivity index (χ3v) is 12.6.